The highest BCUT2D eigenvalue weighted by Crippen LogP contribution is 2.30. The first-order valence-corrected chi connectivity index (χ1v) is 9.40. The topological polar surface area (TPSA) is 75.4 Å². The molecule has 0 atom stereocenters. The second-order valence-corrected chi connectivity index (χ2v) is 6.62. The minimum absolute atomic E-state index is 0. The Kier molecular flexibility index (Phi) is 12.1. The van der Waals surface area contributed by atoms with Crippen LogP contribution in [-0.4, -0.2) is 41.9 Å². The van der Waals surface area contributed by atoms with E-state index in [0.717, 1.165) is 57.8 Å². The van der Waals surface area contributed by atoms with E-state index in [1.807, 2.05) is 18.7 Å². The number of amides is 2. The minimum atomic E-state index is -0.654. The molecule has 0 saturated heterocycles. The van der Waals surface area contributed by atoms with Crippen LogP contribution in [0.3, 0.4) is 0 Å². The maximum atomic E-state index is 12.9. The van der Waals surface area contributed by atoms with Gasteiger partial charge >= 0.3 is 0 Å². The van der Waals surface area contributed by atoms with Crippen molar-refractivity contribution in [3.8, 4) is 0 Å². The highest BCUT2D eigenvalue weighted by Gasteiger charge is 2.42. The van der Waals surface area contributed by atoms with Crippen LogP contribution in [0.2, 0.25) is 0 Å². The summed E-state index contributed by atoms with van der Waals surface area (Å²) in [5.41, 5.74) is 4.82. The van der Waals surface area contributed by atoms with Crippen molar-refractivity contribution in [2.75, 3.05) is 19.6 Å². The summed E-state index contributed by atoms with van der Waals surface area (Å²) in [5, 5.41) is 3.12. The number of nitrogens with two attached hydrogens (primary N) is 1. The van der Waals surface area contributed by atoms with Crippen LogP contribution >= 0.6 is 12.4 Å². The van der Waals surface area contributed by atoms with Gasteiger partial charge in [0.15, 0.2) is 0 Å². The molecule has 1 aliphatic rings. The fraction of sp³-hybridized carbons (Fsp3) is 0.889. The van der Waals surface area contributed by atoms with Gasteiger partial charge < -0.3 is 16.0 Å². The molecule has 1 saturated carbocycles. The van der Waals surface area contributed by atoms with Gasteiger partial charge in [-0.1, -0.05) is 32.1 Å². The lowest BCUT2D eigenvalue weighted by molar-refractivity contribution is -0.143. The zero-order valence-corrected chi connectivity index (χ0v) is 16.3. The average Bonchev–Trinajstić information content (AvgIpc) is 2.56. The standard InChI is InChI=1S/C18H35N3O2.ClH/c1-3-21(4-2)17(23)18(13-9-7-10-14-18)20-16(22)12-8-5-6-11-15-19;/h3-15,19H2,1-2H3,(H,20,22);1H. The van der Waals surface area contributed by atoms with Gasteiger partial charge in [-0.25, -0.2) is 0 Å². The molecule has 142 valence electrons. The molecule has 0 aliphatic heterocycles. The number of carbonyl (C=O) groups excluding carboxylic acids is 2. The highest BCUT2D eigenvalue weighted by atomic mass is 35.5. The van der Waals surface area contributed by atoms with E-state index >= 15 is 0 Å². The Hall–Kier alpha value is -0.810. The smallest absolute Gasteiger partial charge is 0.248 e. The van der Waals surface area contributed by atoms with Gasteiger partial charge in [0.05, 0.1) is 0 Å². The zero-order valence-electron chi connectivity index (χ0n) is 15.4. The second-order valence-electron chi connectivity index (χ2n) is 6.62. The SMILES string of the molecule is CCN(CC)C(=O)C1(NC(=O)CCCCCCN)CCCCC1.Cl. The number of nitrogens with zero attached hydrogens (tertiary/aromatic N) is 1. The molecule has 24 heavy (non-hydrogen) atoms. The molecule has 0 unspecified atom stereocenters. The van der Waals surface area contributed by atoms with E-state index in [1.165, 1.54) is 0 Å². The molecule has 0 aromatic rings. The van der Waals surface area contributed by atoms with Crippen LogP contribution < -0.4 is 11.1 Å². The molecule has 0 bridgehead atoms. The monoisotopic (exact) mass is 361 g/mol. The molecule has 0 aromatic carbocycles. The first-order valence-electron chi connectivity index (χ1n) is 9.40. The van der Waals surface area contributed by atoms with Gasteiger partial charge in [-0.2, -0.15) is 0 Å². The van der Waals surface area contributed by atoms with Crippen molar-refractivity contribution in [1.29, 1.82) is 0 Å². The number of hydrogen-bond acceptors (Lipinski definition) is 3. The summed E-state index contributed by atoms with van der Waals surface area (Å²) in [4.78, 5) is 27.1. The predicted molar refractivity (Wildman–Crippen MR) is 101 cm³/mol. The number of halogens is 1. The number of rotatable bonds is 10. The molecule has 0 heterocycles. The van der Waals surface area contributed by atoms with Crippen LogP contribution in [0.25, 0.3) is 0 Å². The number of nitrogens with one attached hydrogen (secondary N) is 1. The summed E-state index contributed by atoms with van der Waals surface area (Å²) < 4.78 is 0. The van der Waals surface area contributed by atoms with Crippen LogP contribution in [0.1, 0.15) is 78.1 Å². The molecule has 6 heteroatoms. The summed E-state index contributed by atoms with van der Waals surface area (Å²) in [6.45, 7) is 6.11. The van der Waals surface area contributed by atoms with Crippen molar-refractivity contribution in [3.63, 3.8) is 0 Å². The predicted octanol–water partition coefficient (Wildman–Crippen LogP) is 3.00. The molecule has 2 amide bonds. The largest absolute Gasteiger partial charge is 0.342 e. The zero-order chi connectivity index (χ0) is 17.1. The van der Waals surface area contributed by atoms with Crippen LogP contribution in [0.4, 0.5) is 0 Å². The third-order valence-corrected chi connectivity index (χ3v) is 4.90. The van der Waals surface area contributed by atoms with Crippen LogP contribution in [0, 0.1) is 0 Å². The van der Waals surface area contributed by atoms with Crippen molar-refractivity contribution in [3.05, 3.63) is 0 Å². The number of carbonyl (C=O) groups is 2. The van der Waals surface area contributed by atoms with Crippen LogP contribution in [-0.2, 0) is 9.59 Å². The Bertz CT molecular complexity index is 367. The first-order chi connectivity index (χ1) is 11.1. The van der Waals surface area contributed by atoms with Crippen molar-refractivity contribution < 1.29 is 9.59 Å². The molecule has 1 fully saturated rings. The molecule has 3 N–H and O–H groups in total. The summed E-state index contributed by atoms with van der Waals surface area (Å²) in [7, 11) is 0. The van der Waals surface area contributed by atoms with E-state index in [2.05, 4.69) is 5.32 Å². The fourth-order valence-corrected chi connectivity index (χ4v) is 3.47. The van der Waals surface area contributed by atoms with E-state index < -0.39 is 5.54 Å². The summed E-state index contributed by atoms with van der Waals surface area (Å²) in [5.74, 6) is 0.138. The Labute approximate surface area is 153 Å². The third kappa shape index (κ3) is 6.98. The maximum absolute atomic E-state index is 12.9. The van der Waals surface area contributed by atoms with Crippen molar-refractivity contribution in [2.45, 2.75) is 83.6 Å². The molecule has 0 radical (unpaired) electrons. The molecule has 5 nitrogen and oxygen atoms in total. The fourth-order valence-electron chi connectivity index (χ4n) is 3.47. The Morgan fingerprint density at radius 2 is 1.58 bits per heavy atom. The average molecular weight is 362 g/mol. The van der Waals surface area contributed by atoms with Gasteiger partial charge in [0, 0.05) is 19.5 Å². The minimum Gasteiger partial charge on any atom is -0.342 e. The van der Waals surface area contributed by atoms with Crippen LogP contribution in [0.15, 0.2) is 0 Å². The van der Waals surface area contributed by atoms with Gasteiger partial charge in [0.1, 0.15) is 5.54 Å². The second kappa shape index (κ2) is 12.5. The van der Waals surface area contributed by atoms with Crippen LogP contribution in [0.5, 0.6) is 0 Å². The first kappa shape index (κ1) is 23.2. The molecule has 0 spiro atoms. The summed E-state index contributed by atoms with van der Waals surface area (Å²) in [6, 6.07) is 0. The molecule has 1 rings (SSSR count). The van der Waals surface area contributed by atoms with Crippen molar-refractivity contribution in [2.24, 2.45) is 5.73 Å². The molecule has 0 aromatic heterocycles. The number of likely N-dealkylation sites (N-methyl/N-ethyl adjacent to an activating group) is 1. The Balaban J connectivity index is 0.00000529. The van der Waals surface area contributed by atoms with E-state index in [4.69, 9.17) is 5.73 Å². The van der Waals surface area contributed by atoms with Gasteiger partial charge in [0.25, 0.3) is 0 Å². The van der Waals surface area contributed by atoms with E-state index in [1.54, 1.807) is 0 Å². The lowest BCUT2D eigenvalue weighted by Crippen LogP contribution is -2.60. The van der Waals surface area contributed by atoms with Gasteiger partial charge in [-0.3, -0.25) is 9.59 Å². The highest BCUT2D eigenvalue weighted by molar-refractivity contribution is 5.91. The molecular weight excluding hydrogens is 326 g/mol. The quantitative estimate of drug-likeness (QED) is 0.587. The maximum Gasteiger partial charge on any atom is 0.248 e. The van der Waals surface area contributed by atoms with Gasteiger partial charge in [-0.15, -0.1) is 12.4 Å². The normalized spacial score (nSPS) is 16.1. The lowest BCUT2D eigenvalue weighted by atomic mass is 9.80. The Morgan fingerprint density at radius 1 is 1.00 bits per heavy atom. The molecular formula is C18H36ClN3O2. The van der Waals surface area contributed by atoms with E-state index in [0.29, 0.717) is 26.1 Å². The molecule has 1 aliphatic carbocycles. The summed E-state index contributed by atoms with van der Waals surface area (Å²) >= 11 is 0. The summed E-state index contributed by atoms with van der Waals surface area (Å²) in [6.07, 6.45) is 9.26. The third-order valence-electron chi connectivity index (χ3n) is 4.90. The number of unbranched alkanes of at least 4 members (excludes halogenated alkanes) is 3. The van der Waals surface area contributed by atoms with Gasteiger partial charge in [-0.05, 0) is 46.1 Å². The van der Waals surface area contributed by atoms with Crippen molar-refractivity contribution in [1.82, 2.24) is 10.2 Å². The lowest BCUT2D eigenvalue weighted by Gasteiger charge is -2.40. The van der Waals surface area contributed by atoms with E-state index in [9.17, 15) is 9.59 Å². The van der Waals surface area contributed by atoms with E-state index in [-0.39, 0.29) is 24.2 Å². The number of hydrogen-bond donors (Lipinski definition) is 2. The van der Waals surface area contributed by atoms with Gasteiger partial charge in [0.2, 0.25) is 11.8 Å². The Morgan fingerprint density at radius 3 is 2.12 bits per heavy atom. The van der Waals surface area contributed by atoms with Crippen molar-refractivity contribution >= 4 is 24.2 Å².